The third kappa shape index (κ3) is 12.8. The lowest BCUT2D eigenvalue weighted by Crippen LogP contribution is -1.93. The van der Waals surface area contributed by atoms with Gasteiger partial charge in [0.05, 0.1) is 11.1 Å². The predicted octanol–water partition coefficient (Wildman–Crippen LogP) is 5.85. The van der Waals surface area contributed by atoms with Crippen LogP contribution < -0.4 is 0 Å². The van der Waals surface area contributed by atoms with Gasteiger partial charge in [-0.05, 0) is 36.1 Å². The van der Waals surface area contributed by atoms with Crippen LogP contribution in [0.4, 0.5) is 0 Å². The molecule has 4 nitrogen and oxygen atoms in total. The van der Waals surface area contributed by atoms with E-state index >= 15 is 0 Å². The van der Waals surface area contributed by atoms with E-state index in [-0.39, 0.29) is 0 Å². The van der Waals surface area contributed by atoms with Crippen LogP contribution in [0.3, 0.4) is 0 Å². The molecule has 0 aromatic heterocycles. The Balaban J connectivity index is 0.000000362. The molecule has 2 aromatic rings. The molecule has 0 aliphatic carbocycles. The molecule has 0 fully saturated rings. The molecule has 2 aromatic carbocycles. The highest BCUT2D eigenvalue weighted by molar-refractivity contribution is 5.87. The van der Waals surface area contributed by atoms with Gasteiger partial charge in [-0.15, -0.1) is 0 Å². The van der Waals surface area contributed by atoms with Crippen molar-refractivity contribution in [2.75, 3.05) is 0 Å². The van der Waals surface area contributed by atoms with Crippen LogP contribution in [0, 0.1) is 11.8 Å². The van der Waals surface area contributed by atoms with Crippen molar-refractivity contribution in [2.45, 2.75) is 40.5 Å². The molecular weight excluding hydrogens is 328 g/mol. The Labute approximate surface area is 156 Å². The summed E-state index contributed by atoms with van der Waals surface area (Å²) in [5.74, 6) is 0.0148. The van der Waals surface area contributed by atoms with E-state index in [9.17, 15) is 9.59 Å². The monoisotopic (exact) mass is 358 g/mol. The minimum absolute atomic E-state index is 0.331. The van der Waals surface area contributed by atoms with Gasteiger partial charge < -0.3 is 10.2 Å². The molecule has 142 valence electrons. The molecule has 26 heavy (non-hydrogen) atoms. The summed E-state index contributed by atoms with van der Waals surface area (Å²) < 4.78 is 0. The number of carboxylic acid groups (broad SMARTS) is 2. The summed E-state index contributed by atoms with van der Waals surface area (Å²) in [7, 11) is 0. The summed E-state index contributed by atoms with van der Waals surface area (Å²) in [6.07, 6.45) is 2.77. The van der Waals surface area contributed by atoms with Crippen molar-refractivity contribution in [3.8, 4) is 0 Å². The maximum Gasteiger partial charge on any atom is 0.335 e. The molecule has 0 heterocycles. The van der Waals surface area contributed by atoms with Gasteiger partial charge in [0, 0.05) is 0 Å². The van der Waals surface area contributed by atoms with E-state index in [0.29, 0.717) is 11.1 Å². The number of hydrogen-bond acceptors (Lipinski definition) is 2. The summed E-state index contributed by atoms with van der Waals surface area (Å²) in [5.41, 5.74) is 0.662. The zero-order chi connectivity index (χ0) is 19.9. The van der Waals surface area contributed by atoms with Crippen LogP contribution in [0.25, 0.3) is 0 Å². The Morgan fingerprint density at radius 1 is 0.654 bits per heavy atom. The largest absolute Gasteiger partial charge is 0.478 e. The average Bonchev–Trinajstić information content (AvgIpc) is 2.62. The quantitative estimate of drug-likeness (QED) is 0.703. The SMILES string of the molecule is CC(C)CCC(C)C.O=C(O)c1ccccc1.O=C(O)c1ccccc1. The fraction of sp³-hybridized carbons (Fsp3) is 0.364. The van der Waals surface area contributed by atoms with E-state index in [2.05, 4.69) is 27.7 Å². The summed E-state index contributed by atoms with van der Waals surface area (Å²) >= 11 is 0. The minimum Gasteiger partial charge on any atom is -0.478 e. The van der Waals surface area contributed by atoms with Crippen LogP contribution in [0.5, 0.6) is 0 Å². The normalized spacial score (nSPS) is 9.62. The molecule has 0 radical (unpaired) electrons. The van der Waals surface area contributed by atoms with Crippen molar-refractivity contribution in [2.24, 2.45) is 11.8 Å². The highest BCUT2D eigenvalue weighted by atomic mass is 16.4. The smallest absolute Gasteiger partial charge is 0.335 e. The lowest BCUT2D eigenvalue weighted by Gasteiger charge is -2.05. The van der Waals surface area contributed by atoms with Crippen molar-refractivity contribution >= 4 is 11.9 Å². The van der Waals surface area contributed by atoms with Gasteiger partial charge in [-0.1, -0.05) is 76.9 Å². The van der Waals surface area contributed by atoms with Gasteiger partial charge in [0.2, 0.25) is 0 Å². The van der Waals surface area contributed by atoms with Gasteiger partial charge in [0.15, 0.2) is 0 Å². The molecule has 0 atom stereocenters. The van der Waals surface area contributed by atoms with Gasteiger partial charge in [-0.2, -0.15) is 0 Å². The standard InChI is InChI=1S/C8H18.2C7H6O2/c1-7(2)5-6-8(3)4;2*8-7(9)6-4-2-1-3-5-6/h7-8H,5-6H2,1-4H3;2*1-5H,(H,8,9). The van der Waals surface area contributed by atoms with Crippen molar-refractivity contribution in [3.05, 3.63) is 71.8 Å². The summed E-state index contributed by atoms with van der Waals surface area (Å²) in [5, 5.41) is 16.8. The summed E-state index contributed by atoms with van der Waals surface area (Å²) in [4.78, 5) is 20.4. The van der Waals surface area contributed by atoms with Crippen molar-refractivity contribution in [1.82, 2.24) is 0 Å². The Morgan fingerprint density at radius 3 is 1.08 bits per heavy atom. The van der Waals surface area contributed by atoms with E-state index in [1.54, 1.807) is 60.7 Å². The molecule has 0 aliphatic rings. The Hall–Kier alpha value is -2.62. The predicted molar refractivity (Wildman–Crippen MR) is 106 cm³/mol. The first-order valence-corrected chi connectivity index (χ1v) is 8.80. The number of hydrogen-bond donors (Lipinski definition) is 2. The first-order chi connectivity index (χ1) is 12.2. The van der Waals surface area contributed by atoms with E-state index in [1.807, 2.05) is 0 Å². The van der Waals surface area contributed by atoms with E-state index < -0.39 is 11.9 Å². The van der Waals surface area contributed by atoms with Crippen LogP contribution in [0.1, 0.15) is 61.3 Å². The second-order valence-corrected chi connectivity index (χ2v) is 6.71. The fourth-order valence-corrected chi connectivity index (χ4v) is 1.83. The van der Waals surface area contributed by atoms with Crippen molar-refractivity contribution < 1.29 is 19.8 Å². The summed E-state index contributed by atoms with van der Waals surface area (Å²) in [6.45, 7) is 9.12. The topological polar surface area (TPSA) is 74.6 Å². The lowest BCUT2D eigenvalue weighted by molar-refractivity contribution is 0.0686. The fourth-order valence-electron chi connectivity index (χ4n) is 1.83. The van der Waals surface area contributed by atoms with Crippen LogP contribution in [0.2, 0.25) is 0 Å². The Kier molecular flexibility index (Phi) is 12.3. The first kappa shape index (κ1) is 23.4. The average molecular weight is 358 g/mol. The van der Waals surface area contributed by atoms with E-state index in [1.165, 1.54) is 12.8 Å². The number of rotatable bonds is 5. The van der Waals surface area contributed by atoms with Crippen LogP contribution in [-0.4, -0.2) is 22.2 Å². The van der Waals surface area contributed by atoms with Gasteiger partial charge in [0.1, 0.15) is 0 Å². The molecular formula is C22H30O4. The van der Waals surface area contributed by atoms with Gasteiger partial charge in [-0.25, -0.2) is 9.59 Å². The zero-order valence-electron chi connectivity index (χ0n) is 16.1. The van der Waals surface area contributed by atoms with Crippen LogP contribution >= 0.6 is 0 Å². The van der Waals surface area contributed by atoms with Crippen LogP contribution in [-0.2, 0) is 0 Å². The van der Waals surface area contributed by atoms with Crippen molar-refractivity contribution in [3.63, 3.8) is 0 Å². The lowest BCUT2D eigenvalue weighted by atomic mass is 10.0. The molecule has 0 aliphatic heterocycles. The number of aromatic carboxylic acids is 2. The minimum atomic E-state index is -0.879. The van der Waals surface area contributed by atoms with E-state index in [4.69, 9.17) is 10.2 Å². The third-order valence-electron chi connectivity index (χ3n) is 3.36. The second kappa shape index (κ2) is 13.6. The van der Waals surface area contributed by atoms with Gasteiger partial charge in [-0.3, -0.25) is 0 Å². The molecule has 0 spiro atoms. The summed E-state index contributed by atoms with van der Waals surface area (Å²) in [6, 6.07) is 16.6. The molecule has 2 N–H and O–H groups in total. The number of carbonyl (C=O) groups is 2. The molecule has 0 saturated carbocycles. The number of carboxylic acids is 2. The van der Waals surface area contributed by atoms with Gasteiger partial charge >= 0.3 is 11.9 Å². The molecule has 0 saturated heterocycles. The second-order valence-electron chi connectivity index (χ2n) is 6.71. The van der Waals surface area contributed by atoms with Gasteiger partial charge in [0.25, 0.3) is 0 Å². The number of benzene rings is 2. The Morgan fingerprint density at radius 2 is 0.923 bits per heavy atom. The third-order valence-corrected chi connectivity index (χ3v) is 3.36. The molecule has 0 unspecified atom stereocenters. The Bertz CT molecular complexity index is 562. The highest BCUT2D eigenvalue weighted by Gasteiger charge is 1.97. The molecule has 2 rings (SSSR count). The van der Waals surface area contributed by atoms with Crippen LogP contribution in [0.15, 0.2) is 60.7 Å². The molecule has 0 amide bonds. The van der Waals surface area contributed by atoms with Crippen molar-refractivity contribution in [1.29, 1.82) is 0 Å². The first-order valence-electron chi connectivity index (χ1n) is 8.80. The highest BCUT2D eigenvalue weighted by Crippen LogP contribution is 2.09. The molecule has 4 heteroatoms. The maximum atomic E-state index is 10.2. The maximum absolute atomic E-state index is 10.2. The van der Waals surface area contributed by atoms with E-state index in [0.717, 1.165) is 11.8 Å². The molecule has 0 bridgehead atoms. The zero-order valence-corrected chi connectivity index (χ0v) is 16.1.